The van der Waals surface area contributed by atoms with E-state index in [1.54, 1.807) is 11.3 Å². The summed E-state index contributed by atoms with van der Waals surface area (Å²) in [6.45, 7) is 0.909. The van der Waals surface area contributed by atoms with E-state index in [-0.39, 0.29) is 0 Å². The number of anilines is 1. The van der Waals surface area contributed by atoms with Crippen molar-refractivity contribution in [2.24, 2.45) is 0 Å². The minimum Gasteiger partial charge on any atom is -0.344 e. The number of aromatic nitrogens is 1. The van der Waals surface area contributed by atoms with Crippen molar-refractivity contribution in [1.29, 1.82) is 0 Å². The number of fused-ring (bicyclic) bond motifs is 1. The minimum absolute atomic E-state index is 0.643. The van der Waals surface area contributed by atoms with E-state index in [1.807, 2.05) is 6.07 Å². The lowest BCUT2D eigenvalue weighted by atomic mass is 10.2. The molecule has 96 valence electrons. The van der Waals surface area contributed by atoms with Gasteiger partial charge >= 0.3 is 0 Å². The minimum atomic E-state index is 0.643. The molecule has 1 aromatic carbocycles. The molecule has 0 N–H and O–H groups in total. The lowest BCUT2D eigenvalue weighted by molar-refractivity contribution is 0.620. The molecule has 0 bridgehead atoms. The van der Waals surface area contributed by atoms with E-state index in [4.69, 9.17) is 16.6 Å². The third-order valence-corrected chi connectivity index (χ3v) is 4.86. The van der Waals surface area contributed by atoms with Gasteiger partial charge in [-0.15, -0.1) is 11.6 Å². The molecule has 1 aromatic heterocycles. The van der Waals surface area contributed by atoms with Gasteiger partial charge in [0.05, 0.1) is 10.2 Å². The van der Waals surface area contributed by atoms with Gasteiger partial charge in [0.15, 0.2) is 5.13 Å². The number of benzene rings is 1. The van der Waals surface area contributed by atoms with Crippen LogP contribution in [0.15, 0.2) is 24.3 Å². The van der Waals surface area contributed by atoms with Gasteiger partial charge in [-0.2, -0.15) is 0 Å². The number of nitrogens with zero attached hydrogens (tertiary/aromatic N) is 2. The van der Waals surface area contributed by atoms with Crippen molar-refractivity contribution in [3.63, 3.8) is 0 Å². The zero-order chi connectivity index (χ0) is 12.4. The highest BCUT2D eigenvalue weighted by Gasteiger charge is 2.24. The first-order valence-electron chi connectivity index (χ1n) is 6.56. The third-order valence-electron chi connectivity index (χ3n) is 3.62. The molecule has 0 amide bonds. The van der Waals surface area contributed by atoms with Gasteiger partial charge in [0, 0.05) is 18.5 Å². The number of alkyl halides is 1. The fraction of sp³-hybridized carbons (Fsp3) is 0.500. The molecule has 1 heterocycles. The van der Waals surface area contributed by atoms with Gasteiger partial charge in [0.2, 0.25) is 0 Å². The molecule has 1 aliphatic rings. The summed E-state index contributed by atoms with van der Waals surface area (Å²) in [7, 11) is 0. The van der Waals surface area contributed by atoms with Gasteiger partial charge in [-0.25, -0.2) is 4.98 Å². The average molecular weight is 281 g/mol. The Labute approximate surface area is 117 Å². The Morgan fingerprint density at radius 2 is 2.06 bits per heavy atom. The molecule has 1 aliphatic carbocycles. The van der Waals surface area contributed by atoms with Crippen molar-refractivity contribution >= 4 is 38.3 Å². The average Bonchev–Trinajstić information content (AvgIpc) is 3.04. The first-order chi connectivity index (χ1) is 8.88. The lowest BCUT2D eigenvalue weighted by Gasteiger charge is -2.27. The quantitative estimate of drug-likeness (QED) is 0.777. The van der Waals surface area contributed by atoms with Gasteiger partial charge in [0.25, 0.3) is 0 Å². The number of hydrogen-bond acceptors (Lipinski definition) is 3. The van der Waals surface area contributed by atoms with Gasteiger partial charge in [-0.3, -0.25) is 0 Å². The molecule has 0 radical (unpaired) electrons. The predicted octanol–water partition coefficient (Wildman–Crippen LogP) is 4.28. The fourth-order valence-electron chi connectivity index (χ4n) is 2.72. The monoisotopic (exact) mass is 280 g/mol. The number of halogens is 1. The molecule has 18 heavy (non-hydrogen) atoms. The lowest BCUT2D eigenvalue weighted by Crippen LogP contribution is -2.34. The molecule has 0 unspecified atom stereocenters. The normalized spacial score (nSPS) is 16.5. The zero-order valence-corrected chi connectivity index (χ0v) is 11.9. The topological polar surface area (TPSA) is 16.1 Å². The number of rotatable bonds is 4. The van der Waals surface area contributed by atoms with Crippen LogP contribution in [0.25, 0.3) is 10.2 Å². The molecule has 3 rings (SSSR count). The second-order valence-corrected chi connectivity index (χ2v) is 6.17. The van der Waals surface area contributed by atoms with Crippen molar-refractivity contribution in [2.75, 3.05) is 17.3 Å². The first kappa shape index (κ1) is 12.2. The maximum atomic E-state index is 5.96. The molecule has 4 heteroatoms. The highest BCUT2D eigenvalue weighted by atomic mass is 35.5. The second-order valence-electron chi connectivity index (χ2n) is 4.78. The second kappa shape index (κ2) is 5.45. The van der Waals surface area contributed by atoms with Crippen LogP contribution >= 0.6 is 22.9 Å². The van der Waals surface area contributed by atoms with Crippen molar-refractivity contribution in [3.05, 3.63) is 24.3 Å². The highest BCUT2D eigenvalue weighted by molar-refractivity contribution is 7.22. The van der Waals surface area contributed by atoms with E-state index in [0.717, 1.165) is 17.2 Å². The van der Waals surface area contributed by atoms with Crippen LogP contribution in [-0.4, -0.2) is 23.5 Å². The van der Waals surface area contributed by atoms with Crippen molar-refractivity contribution in [1.82, 2.24) is 4.98 Å². The Morgan fingerprint density at radius 3 is 2.78 bits per heavy atom. The molecular formula is C14H17ClN2S. The van der Waals surface area contributed by atoms with Crippen molar-refractivity contribution in [3.8, 4) is 0 Å². The molecule has 0 spiro atoms. The summed E-state index contributed by atoms with van der Waals surface area (Å²) in [5.74, 6) is 0.673. The molecule has 0 aliphatic heterocycles. The molecular weight excluding hydrogens is 264 g/mol. The summed E-state index contributed by atoms with van der Waals surface area (Å²) < 4.78 is 1.27. The predicted molar refractivity (Wildman–Crippen MR) is 79.9 cm³/mol. The largest absolute Gasteiger partial charge is 0.344 e. The maximum Gasteiger partial charge on any atom is 0.186 e. The number of hydrogen-bond donors (Lipinski definition) is 0. The SMILES string of the molecule is ClCCN(c1nc2ccccc2s1)C1CCCC1. The summed E-state index contributed by atoms with van der Waals surface area (Å²) in [5.41, 5.74) is 1.11. The molecule has 2 aromatic rings. The summed E-state index contributed by atoms with van der Waals surface area (Å²) in [4.78, 5) is 7.18. The molecule has 0 saturated heterocycles. The van der Waals surface area contributed by atoms with E-state index < -0.39 is 0 Å². The van der Waals surface area contributed by atoms with Gasteiger partial charge < -0.3 is 4.90 Å². The molecule has 2 nitrogen and oxygen atoms in total. The van der Waals surface area contributed by atoms with E-state index in [0.29, 0.717) is 11.9 Å². The molecule has 0 atom stereocenters. The molecule has 1 saturated carbocycles. The maximum absolute atomic E-state index is 5.96. The zero-order valence-electron chi connectivity index (χ0n) is 10.3. The van der Waals surface area contributed by atoms with E-state index in [2.05, 4.69) is 23.1 Å². The van der Waals surface area contributed by atoms with Crippen molar-refractivity contribution < 1.29 is 0 Å². The standard InChI is InChI=1S/C14H17ClN2S/c15-9-10-17(11-5-1-2-6-11)14-16-12-7-3-4-8-13(12)18-14/h3-4,7-8,11H,1-2,5-6,9-10H2. The molecule has 1 fully saturated rings. The highest BCUT2D eigenvalue weighted by Crippen LogP contribution is 2.33. The number of para-hydroxylation sites is 1. The first-order valence-corrected chi connectivity index (χ1v) is 7.92. The van der Waals surface area contributed by atoms with Crippen LogP contribution < -0.4 is 4.90 Å². The van der Waals surface area contributed by atoms with Gasteiger partial charge in [-0.1, -0.05) is 36.3 Å². The van der Waals surface area contributed by atoms with Gasteiger partial charge in [0.1, 0.15) is 0 Å². The van der Waals surface area contributed by atoms with Crippen LogP contribution in [0.4, 0.5) is 5.13 Å². The Kier molecular flexibility index (Phi) is 3.71. The van der Waals surface area contributed by atoms with Crippen LogP contribution in [0.2, 0.25) is 0 Å². The summed E-state index contributed by atoms with van der Waals surface area (Å²) in [6.07, 6.45) is 5.25. The smallest absolute Gasteiger partial charge is 0.186 e. The van der Waals surface area contributed by atoms with Gasteiger partial charge in [-0.05, 0) is 25.0 Å². The third kappa shape index (κ3) is 2.34. The van der Waals surface area contributed by atoms with E-state index >= 15 is 0 Å². The van der Waals surface area contributed by atoms with E-state index in [9.17, 15) is 0 Å². The Balaban J connectivity index is 1.92. The van der Waals surface area contributed by atoms with Crippen LogP contribution in [0, 0.1) is 0 Å². The van der Waals surface area contributed by atoms with Crippen LogP contribution in [0.3, 0.4) is 0 Å². The Morgan fingerprint density at radius 1 is 1.28 bits per heavy atom. The number of thiazole rings is 1. The van der Waals surface area contributed by atoms with Crippen LogP contribution in [0.1, 0.15) is 25.7 Å². The summed E-state index contributed by atoms with van der Waals surface area (Å²) in [6, 6.07) is 9.00. The Hall–Kier alpha value is -0.800. The van der Waals surface area contributed by atoms with Crippen molar-refractivity contribution in [2.45, 2.75) is 31.7 Å². The summed E-state index contributed by atoms with van der Waals surface area (Å²) >= 11 is 7.75. The van der Waals surface area contributed by atoms with Crippen LogP contribution in [0.5, 0.6) is 0 Å². The van der Waals surface area contributed by atoms with E-state index in [1.165, 1.54) is 30.4 Å². The summed E-state index contributed by atoms with van der Waals surface area (Å²) in [5, 5.41) is 1.14. The fourth-order valence-corrected chi connectivity index (χ4v) is 3.97. The Bertz CT molecular complexity index is 486. The van der Waals surface area contributed by atoms with Crippen LogP contribution in [-0.2, 0) is 0 Å².